The normalized spacial score (nSPS) is 34.1. The first-order chi connectivity index (χ1) is 7.98. The van der Waals surface area contributed by atoms with Crippen molar-refractivity contribution in [3.05, 3.63) is 35.4 Å². The molecule has 0 saturated carbocycles. The molecule has 1 aromatic rings. The van der Waals surface area contributed by atoms with E-state index in [-0.39, 0.29) is 11.5 Å². The number of nitrogens with two attached hydrogens (primary N) is 1. The molecular formula is C13H17NO2S. The molecule has 1 fully saturated rings. The van der Waals surface area contributed by atoms with Crippen LogP contribution in [0.4, 0.5) is 0 Å². The number of fused-ring (bicyclic) bond motifs is 1. The Kier molecular flexibility index (Phi) is 2.35. The summed E-state index contributed by atoms with van der Waals surface area (Å²) in [5.74, 6) is 0.890. The van der Waals surface area contributed by atoms with Crippen molar-refractivity contribution in [2.75, 3.05) is 11.5 Å². The van der Waals surface area contributed by atoms with Crippen LogP contribution in [0.15, 0.2) is 24.3 Å². The zero-order valence-electron chi connectivity index (χ0n) is 9.72. The van der Waals surface area contributed by atoms with Gasteiger partial charge in [-0.3, -0.25) is 0 Å². The van der Waals surface area contributed by atoms with Gasteiger partial charge in [0.15, 0.2) is 9.84 Å². The summed E-state index contributed by atoms with van der Waals surface area (Å²) >= 11 is 0. The van der Waals surface area contributed by atoms with Gasteiger partial charge in [-0.2, -0.15) is 0 Å². The fourth-order valence-corrected chi connectivity index (χ4v) is 5.14. The number of sulfone groups is 1. The van der Waals surface area contributed by atoms with E-state index in [9.17, 15) is 8.42 Å². The molecular weight excluding hydrogens is 234 g/mol. The van der Waals surface area contributed by atoms with Crippen LogP contribution in [0.2, 0.25) is 0 Å². The second kappa shape index (κ2) is 3.56. The van der Waals surface area contributed by atoms with Crippen LogP contribution in [0.25, 0.3) is 0 Å². The highest BCUT2D eigenvalue weighted by Gasteiger charge is 2.42. The largest absolute Gasteiger partial charge is 0.324 e. The van der Waals surface area contributed by atoms with E-state index in [1.165, 1.54) is 11.1 Å². The molecule has 2 aliphatic rings. The van der Waals surface area contributed by atoms with Crippen molar-refractivity contribution in [1.82, 2.24) is 0 Å². The summed E-state index contributed by atoms with van der Waals surface area (Å²) in [4.78, 5) is 0. The Morgan fingerprint density at radius 3 is 2.76 bits per heavy atom. The average molecular weight is 251 g/mol. The predicted octanol–water partition coefficient (Wildman–Crippen LogP) is 1.23. The Bertz CT molecular complexity index is 552. The first-order valence-electron chi connectivity index (χ1n) is 6.05. The Labute approximate surface area is 102 Å². The number of hydrogen-bond donors (Lipinski definition) is 1. The Balaban J connectivity index is 1.75. The molecule has 92 valence electrons. The minimum atomic E-state index is -2.89. The monoisotopic (exact) mass is 251 g/mol. The molecule has 1 saturated heterocycles. The summed E-state index contributed by atoms with van der Waals surface area (Å²) in [7, 11) is -2.89. The van der Waals surface area contributed by atoms with Crippen LogP contribution in [0.1, 0.15) is 29.9 Å². The zero-order chi connectivity index (χ0) is 12.1. The minimum absolute atomic E-state index is 0.165. The van der Waals surface area contributed by atoms with Gasteiger partial charge in [0.25, 0.3) is 0 Å². The third kappa shape index (κ3) is 2.00. The lowest BCUT2D eigenvalue weighted by Gasteiger charge is -2.35. The van der Waals surface area contributed by atoms with Gasteiger partial charge in [0.05, 0.1) is 11.5 Å². The van der Waals surface area contributed by atoms with Crippen molar-refractivity contribution in [3.8, 4) is 0 Å². The summed E-state index contributed by atoms with van der Waals surface area (Å²) in [6.45, 7) is 0. The Hall–Kier alpha value is -0.870. The lowest BCUT2D eigenvalue weighted by molar-refractivity contribution is 0.378. The van der Waals surface area contributed by atoms with E-state index in [0.717, 1.165) is 12.8 Å². The molecule has 3 nitrogen and oxygen atoms in total. The van der Waals surface area contributed by atoms with E-state index in [1.54, 1.807) is 0 Å². The number of hydrogen-bond acceptors (Lipinski definition) is 3. The third-order valence-corrected chi connectivity index (χ3v) is 5.87. The summed E-state index contributed by atoms with van der Waals surface area (Å²) < 4.78 is 23.0. The summed E-state index contributed by atoms with van der Waals surface area (Å²) in [5, 5.41) is 0. The van der Waals surface area contributed by atoms with Crippen LogP contribution in [0.3, 0.4) is 0 Å². The standard InChI is InChI=1S/C13H17NO2S/c14-13(5-6-17(15,16)9-13)8-11-7-10-3-1-2-4-12(10)11/h1-4,11H,5-9,14H2. The fourth-order valence-electron chi connectivity index (χ4n) is 3.14. The summed E-state index contributed by atoms with van der Waals surface area (Å²) in [6.07, 6.45) is 2.48. The van der Waals surface area contributed by atoms with Gasteiger partial charge >= 0.3 is 0 Å². The quantitative estimate of drug-likeness (QED) is 0.860. The van der Waals surface area contributed by atoms with Gasteiger partial charge in [-0.1, -0.05) is 24.3 Å². The number of rotatable bonds is 2. The Morgan fingerprint density at radius 2 is 2.12 bits per heavy atom. The van der Waals surface area contributed by atoms with Crippen molar-refractivity contribution < 1.29 is 8.42 Å². The van der Waals surface area contributed by atoms with Gasteiger partial charge in [0.2, 0.25) is 0 Å². The average Bonchev–Trinajstić information content (AvgIpc) is 2.50. The highest BCUT2D eigenvalue weighted by atomic mass is 32.2. The van der Waals surface area contributed by atoms with Gasteiger partial charge in [0, 0.05) is 5.54 Å². The van der Waals surface area contributed by atoms with E-state index >= 15 is 0 Å². The molecule has 2 atom stereocenters. The molecule has 1 heterocycles. The molecule has 2 N–H and O–H groups in total. The van der Waals surface area contributed by atoms with Crippen molar-refractivity contribution in [1.29, 1.82) is 0 Å². The number of benzene rings is 1. The summed E-state index contributed by atoms with van der Waals surface area (Å²) in [6, 6.07) is 8.36. The van der Waals surface area contributed by atoms with Gasteiger partial charge in [-0.15, -0.1) is 0 Å². The maximum absolute atomic E-state index is 11.5. The molecule has 0 amide bonds. The smallest absolute Gasteiger partial charge is 0.152 e. The highest BCUT2D eigenvalue weighted by Crippen LogP contribution is 2.41. The van der Waals surface area contributed by atoms with Crippen LogP contribution in [0, 0.1) is 0 Å². The second-order valence-electron chi connectivity index (χ2n) is 5.51. The van der Waals surface area contributed by atoms with Crippen molar-refractivity contribution >= 4 is 9.84 Å². The van der Waals surface area contributed by atoms with Gasteiger partial charge in [0.1, 0.15) is 0 Å². The maximum atomic E-state index is 11.5. The zero-order valence-corrected chi connectivity index (χ0v) is 10.5. The van der Waals surface area contributed by atoms with Gasteiger partial charge in [-0.05, 0) is 36.3 Å². The fraction of sp³-hybridized carbons (Fsp3) is 0.538. The van der Waals surface area contributed by atoms with E-state index in [4.69, 9.17) is 5.73 Å². The molecule has 17 heavy (non-hydrogen) atoms. The van der Waals surface area contributed by atoms with Crippen molar-refractivity contribution in [3.63, 3.8) is 0 Å². The second-order valence-corrected chi connectivity index (χ2v) is 7.69. The molecule has 1 aromatic carbocycles. The lowest BCUT2D eigenvalue weighted by Crippen LogP contribution is -2.43. The molecule has 1 aliphatic carbocycles. The molecule has 1 aliphatic heterocycles. The van der Waals surface area contributed by atoms with Crippen molar-refractivity contribution in [2.45, 2.75) is 30.7 Å². The van der Waals surface area contributed by atoms with E-state index in [0.29, 0.717) is 12.3 Å². The lowest BCUT2D eigenvalue weighted by atomic mass is 9.71. The predicted molar refractivity (Wildman–Crippen MR) is 67.7 cm³/mol. The maximum Gasteiger partial charge on any atom is 0.152 e. The van der Waals surface area contributed by atoms with E-state index < -0.39 is 15.4 Å². The Morgan fingerprint density at radius 1 is 1.35 bits per heavy atom. The molecule has 0 radical (unpaired) electrons. The summed E-state index contributed by atoms with van der Waals surface area (Å²) in [5.41, 5.74) is 8.49. The van der Waals surface area contributed by atoms with Crippen LogP contribution >= 0.6 is 0 Å². The molecule has 3 rings (SSSR count). The molecule has 2 unspecified atom stereocenters. The van der Waals surface area contributed by atoms with Gasteiger partial charge in [-0.25, -0.2) is 8.42 Å². The first kappa shape index (κ1) is 11.2. The highest BCUT2D eigenvalue weighted by molar-refractivity contribution is 7.91. The van der Waals surface area contributed by atoms with Gasteiger partial charge < -0.3 is 5.73 Å². The van der Waals surface area contributed by atoms with Crippen LogP contribution < -0.4 is 5.73 Å². The third-order valence-electron chi connectivity index (χ3n) is 4.03. The SMILES string of the molecule is NC1(CC2Cc3ccccc32)CCS(=O)(=O)C1. The topological polar surface area (TPSA) is 60.2 Å². The van der Waals surface area contributed by atoms with E-state index in [1.807, 2.05) is 12.1 Å². The molecule has 0 aromatic heterocycles. The molecule has 0 bridgehead atoms. The van der Waals surface area contributed by atoms with E-state index in [2.05, 4.69) is 12.1 Å². The van der Waals surface area contributed by atoms with Crippen LogP contribution in [0.5, 0.6) is 0 Å². The van der Waals surface area contributed by atoms with Crippen LogP contribution in [-0.4, -0.2) is 25.5 Å². The molecule has 4 heteroatoms. The minimum Gasteiger partial charge on any atom is -0.324 e. The van der Waals surface area contributed by atoms with Crippen molar-refractivity contribution in [2.24, 2.45) is 5.73 Å². The first-order valence-corrected chi connectivity index (χ1v) is 7.87. The molecule has 0 spiro atoms. The van der Waals surface area contributed by atoms with Crippen LogP contribution in [-0.2, 0) is 16.3 Å².